The minimum Gasteiger partial charge on any atom is -0.396 e. The van der Waals surface area contributed by atoms with Gasteiger partial charge in [-0.25, -0.2) is 4.39 Å². The molecule has 0 unspecified atom stereocenters. The molecule has 0 bridgehead atoms. The zero-order valence-electron chi connectivity index (χ0n) is 18.0. The van der Waals surface area contributed by atoms with Crippen molar-refractivity contribution in [1.29, 1.82) is 0 Å². The number of hydrogen-bond donors (Lipinski definition) is 1. The number of nitrogen functional groups attached to an aromatic ring is 1. The predicted octanol–water partition coefficient (Wildman–Crippen LogP) is 6.33. The van der Waals surface area contributed by atoms with Crippen molar-refractivity contribution in [2.24, 2.45) is 0 Å². The fourth-order valence-corrected chi connectivity index (χ4v) is 3.55. The van der Waals surface area contributed by atoms with E-state index in [-0.39, 0.29) is 11.5 Å². The van der Waals surface area contributed by atoms with Gasteiger partial charge >= 0.3 is 0 Å². The van der Waals surface area contributed by atoms with Gasteiger partial charge in [0.05, 0.1) is 5.69 Å². The second-order valence-corrected chi connectivity index (χ2v) is 7.30. The van der Waals surface area contributed by atoms with Crippen LogP contribution in [0, 0.1) is 5.82 Å². The molecule has 0 heterocycles. The summed E-state index contributed by atoms with van der Waals surface area (Å²) in [5.41, 5.74) is 10.2. The lowest BCUT2D eigenvalue weighted by molar-refractivity contribution is 0.632. The molecule has 0 amide bonds. The maximum atomic E-state index is 14.3. The van der Waals surface area contributed by atoms with E-state index < -0.39 is 0 Å². The van der Waals surface area contributed by atoms with Crippen LogP contribution in [0.5, 0.6) is 0 Å². The molecule has 0 aliphatic rings. The van der Waals surface area contributed by atoms with Gasteiger partial charge in [-0.3, -0.25) is 0 Å². The molecule has 0 saturated carbocycles. The van der Waals surface area contributed by atoms with Crippen molar-refractivity contribution in [2.45, 2.75) is 53.4 Å². The van der Waals surface area contributed by atoms with Crippen LogP contribution < -0.4 is 15.5 Å². The van der Waals surface area contributed by atoms with E-state index in [2.05, 4.69) is 61.8 Å². The maximum Gasteiger partial charge on any atom is 0.146 e. The van der Waals surface area contributed by atoms with Crippen molar-refractivity contribution < 1.29 is 4.39 Å². The summed E-state index contributed by atoms with van der Waals surface area (Å²) < 4.78 is 14.3. The lowest BCUT2D eigenvalue weighted by atomic mass is 10.0. The first-order chi connectivity index (χ1) is 13.5. The number of hydrogen-bond acceptors (Lipinski definition) is 3. The summed E-state index contributed by atoms with van der Waals surface area (Å²) >= 11 is 0. The molecule has 2 aromatic rings. The van der Waals surface area contributed by atoms with E-state index in [1.807, 2.05) is 0 Å². The van der Waals surface area contributed by atoms with Gasteiger partial charge in [0.25, 0.3) is 0 Å². The maximum absolute atomic E-state index is 14.3. The first kappa shape index (κ1) is 22.1. The first-order valence-electron chi connectivity index (χ1n) is 10.7. The second kappa shape index (κ2) is 10.9. The Balaban J connectivity index is 2.37. The van der Waals surface area contributed by atoms with E-state index >= 15 is 0 Å². The number of nitrogens with two attached hydrogens (primary N) is 1. The van der Waals surface area contributed by atoms with Crippen LogP contribution in [-0.4, -0.2) is 26.2 Å². The average Bonchev–Trinajstić information content (AvgIpc) is 2.71. The summed E-state index contributed by atoms with van der Waals surface area (Å²) in [5.74, 6) is -0.359. The lowest BCUT2D eigenvalue weighted by Crippen LogP contribution is -2.25. The van der Waals surface area contributed by atoms with Crippen molar-refractivity contribution in [1.82, 2.24) is 0 Å². The summed E-state index contributed by atoms with van der Waals surface area (Å²) in [4.78, 5) is 4.68. The Kier molecular flexibility index (Phi) is 8.62. The van der Waals surface area contributed by atoms with Crippen LogP contribution in [0.2, 0.25) is 0 Å². The third-order valence-electron chi connectivity index (χ3n) is 5.33. The minimum absolute atomic E-state index is 0.201. The Morgan fingerprint density at radius 3 is 1.89 bits per heavy atom. The normalized spacial score (nSPS) is 10.9. The van der Waals surface area contributed by atoms with Crippen molar-refractivity contribution in [3.05, 3.63) is 42.2 Å². The van der Waals surface area contributed by atoms with Gasteiger partial charge in [-0.2, -0.15) is 0 Å². The number of anilines is 3. The van der Waals surface area contributed by atoms with Gasteiger partial charge in [0, 0.05) is 43.1 Å². The van der Waals surface area contributed by atoms with Crippen LogP contribution in [0.4, 0.5) is 21.5 Å². The highest BCUT2D eigenvalue weighted by molar-refractivity contribution is 5.82. The quantitative estimate of drug-likeness (QED) is 0.459. The predicted molar refractivity (Wildman–Crippen MR) is 122 cm³/mol. The summed E-state index contributed by atoms with van der Waals surface area (Å²) in [5, 5.41) is 0. The molecule has 154 valence electrons. The third kappa shape index (κ3) is 5.40. The van der Waals surface area contributed by atoms with Gasteiger partial charge in [0.2, 0.25) is 0 Å². The van der Waals surface area contributed by atoms with Crippen LogP contribution in [0.25, 0.3) is 11.1 Å². The first-order valence-corrected chi connectivity index (χ1v) is 10.7. The highest BCUT2D eigenvalue weighted by Crippen LogP contribution is 2.35. The molecule has 2 rings (SSSR count). The van der Waals surface area contributed by atoms with Gasteiger partial charge in [-0.1, -0.05) is 38.8 Å². The number of nitrogens with zero attached hydrogens (tertiary/aromatic N) is 2. The number of halogens is 1. The molecule has 28 heavy (non-hydrogen) atoms. The molecule has 0 aromatic heterocycles. The second-order valence-electron chi connectivity index (χ2n) is 7.30. The molecule has 0 aliphatic heterocycles. The van der Waals surface area contributed by atoms with Crippen LogP contribution >= 0.6 is 0 Å². The standard InChI is InChI=1S/C24H36FN3/c1-5-9-15-28(16-10-6-2)20-13-11-19(12-14-20)21-17-22(25)23(26)18-24(21)27(7-3)8-4/h11-14,17-18H,5-10,15-16,26H2,1-4H3. The van der Waals surface area contributed by atoms with Gasteiger partial charge in [-0.15, -0.1) is 0 Å². The van der Waals surface area contributed by atoms with Gasteiger partial charge < -0.3 is 15.5 Å². The molecular formula is C24H36FN3. The molecule has 3 nitrogen and oxygen atoms in total. The van der Waals surface area contributed by atoms with Crippen LogP contribution in [0.15, 0.2) is 36.4 Å². The van der Waals surface area contributed by atoms with E-state index in [4.69, 9.17) is 5.73 Å². The molecule has 0 saturated heterocycles. The summed E-state index contributed by atoms with van der Waals surface area (Å²) in [6.07, 6.45) is 4.78. The van der Waals surface area contributed by atoms with Crippen LogP contribution in [0.1, 0.15) is 53.4 Å². The van der Waals surface area contributed by atoms with Gasteiger partial charge in [0.1, 0.15) is 5.82 Å². The largest absolute Gasteiger partial charge is 0.396 e. The van der Waals surface area contributed by atoms with E-state index in [0.29, 0.717) is 0 Å². The minimum atomic E-state index is -0.359. The summed E-state index contributed by atoms with van der Waals surface area (Å²) in [6.45, 7) is 12.5. The molecule has 0 fully saturated rings. The third-order valence-corrected chi connectivity index (χ3v) is 5.33. The fraction of sp³-hybridized carbons (Fsp3) is 0.500. The van der Waals surface area contributed by atoms with Gasteiger partial charge in [-0.05, 0) is 56.5 Å². The molecular weight excluding hydrogens is 349 g/mol. The van der Waals surface area contributed by atoms with Gasteiger partial charge in [0.15, 0.2) is 0 Å². The smallest absolute Gasteiger partial charge is 0.146 e. The molecule has 2 aromatic carbocycles. The number of rotatable bonds is 11. The Morgan fingerprint density at radius 2 is 1.39 bits per heavy atom. The number of unbranched alkanes of at least 4 members (excludes halogenated alkanes) is 2. The van der Waals surface area contributed by atoms with E-state index in [9.17, 15) is 4.39 Å². The van der Waals surface area contributed by atoms with E-state index in [1.165, 1.54) is 31.4 Å². The van der Waals surface area contributed by atoms with Crippen molar-refractivity contribution in [3.63, 3.8) is 0 Å². The lowest BCUT2D eigenvalue weighted by Gasteiger charge is -2.26. The molecule has 2 N–H and O–H groups in total. The zero-order chi connectivity index (χ0) is 20.5. The average molecular weight is 386 g/mol. The zero-order valence-corrected chi connectivity index (χ0v) is 18.0. The molecule has 0 aliphatic carbocycles. The number of benzene rings is 2. The topological polar surface area (TPSA) is 32.5 Å². The monoisotopic (exact) mass is 385 g/mol. The molecule has 0 atom stereocenters. The van der Waals surface area contributed by atoms with E-state index in [1.54, 1.807) is 12.1 Å². The molecule has 0 radical (unpaired) electrons. The Labute approximate surface area is 170 Å². The molecule has 4 heteroatoms. The SMILES string of the molecule is CCCCN(CCCC)c1ccc(-c2cc(F)c(N)cc2N(CC)CC)cc1. The van der Waals surface area contributed by atoms with Crippen molar-refractivity contribution in [3.8, 4) is 11.1 Å². The Bertz CT molecular complexity index is 715. The fourth-order valence-electron chi connectivity index (χ4n) is 3.55. The Morgan fingerprint density at radius 1 is 0.821 bits per heavy atom. The summed E-state index contributed by atoms with van der Waals surface area (Å²) in [6, 6.07) is 11.9. The summed E-state index contributed by atoms with van der Waals surface area (Å²) in [7, 11) is 0. The highest BCUT2D eigenvalue weighted by Gasteiger charge is 2.15. The molecule has 0 spiro atoms. The highest BCUT2D eigenvalue weighted by atomic mass is 19.1. The van der Waals surface area contributed by atoms with Crippen LogP contribution in [0.3, 0.4) is 0 Å². The van der Waals surface area contributed by atoms with Crippen LogP contribution in [-0.2, 0) is 0 Å². The Hall–Kier alpha value is -2.23. The van der Waals surface area contributed by atoms with Crippen molar-refractivity contribution >= 4 is 17.1 Å². The van der Waals surface area contributed by atoms with Crippen molar-refractivity contribution in [2.75, 3.05) is 41.7 Å². The van der Waals surface area contributed by atoms with E-state index in [0.717, 1.165) is 43.0 Å².